The average Bonchev–Trinajstić information content (AvgIpc) is 2.41. The molecule has 0 heterocycles. The summed E-state index contributed by atoms with van der Waals surface area (Å²) in [5, 5.41) is 2.85. The van der Waals surface area contributed by atoms with Gasteiger partial charge in [0.25, 0.3) is 5.91 Å². The van der Waals surface area contributed by atoms with Gasteiger partial charge in [-0.3, -0.25) is 4.79 Å². The minimum absolute atomic E-state index is 0.104. The normalized spacial score (nSPS) is 12.0. The van der Waals surface area contributed by atoms with Crippen molar-refractivity contribution in [2.24, 2.45) is 5.73 Å². The number of benzene rings is 1. The van der Waals surface area contributed by atoms with Crippen LogP contribution in [0.4, 0.5) is 0 Å². The van der Waals surface area contributed by atoms with Crippen molar-refractivity contribution < 1.29 is 9.53 Å². The first-order valence-electron chi connectivity index (χ1n) is 6.52. The SMILES string of the molecule is CCCCNC(=O)C(C)Oc1c(Br)cccc1CN. The molecule has 1 unspecified atom stereocenters. The van der Waals surface area contributed by atoms with E-state index < -0.39 is 6.10 Å². The molecule has 4 nitrogen and oxygen atoms in total. The predicted octanol–water partition coefficient (Wildman–Crippen LogP) is 2.59. The molecule has 1 aromatic carbocycles. The molecular formula is C14H21BrN2O2. The Hall–Kier alpha value is -1.07. The number of nitrogens with two attached hydrogens (primary N) is 1. The number of para-hydroxylation sites is 1. The lowest BCUT2D eigenvalue weighted by Crippen LogP contribution is -2.37. The zero-order chi connectivity index (χ0) is 14.3. The summed E-state index contributed by atoms with van der Waals surface area (Å²) in [6.07, 6.45) is 1.49. The summed E-state index contributed by atoms with van der Waals surface area (Å²) in [6.45, 7) is 4.88. The Kier molecular flexibility index (Phi) is 6.87. The highest BCUT2D eigenvalue weighted by atomic mass is 79.9. The molecule has 1 aromatic rings. The second-order valence-corrected chi connectivity index (χ2v) is 5.19. The van der Waals surface area contributed by atoms with E-state index in [4.69, 9.17) is 10.5 Å². The van der Waals surface area contributed by atoms with Crippen LogP contribution in [0.2, 0.25) is 0 Å². The van der Waals surface area contributed by atoms with E-state index in [2.05, 4.69) is 28.2 Å². The molecule has 0 aliphatic carbocycles. The van der Waals surface area contributed by atoms with Crippen molar-refractivity contribution >= 4 is 21.8 Å². The topological polar surface area (TPSA) is 64.3 Å². The highest BCUT2D eigenvalue weighted by Crippen LogP contribution is 2.29. The van der Waals surface area contributed by atoms with Crippen molar-refractivity contribution in [3.63, 3.8) is 0 Å². The van der Waals surface area contributed by atoms with Crippen molar-refractivity contribution in [3.8, 4) is 5.75 Å². The zero-order valence-electron chi connectivity index (χ0n) is 11.4. The number of carbonyl (C=O) groups is 1. The number of carbonyl (C=O) groups excluding carboxylic acids is 1. The van der Waals surface area contributed by atoms with Gasteiger partial charge in [0.1, 0.15) is 5.75 Å². The molecule has 106 valence electrons. The van der Waals surface area contributed by atoms with Crippen LogP contribution in [0.1, 0.15) is 32.3 Å². The van der Waals surface area contributed by atoms with Crippen LogP contribution in [-0.2, 0) is 11.3 Å². The Morgan fingerprint density at radius 3 is 2.89 bits per heavy atom. The number of hydrogen-bond donors (Lipinski definition) is 2. The third-order valence-electron chi connectivity index (χ3n) is 2.76. The summed E-state index contributed by atoms with van der Waals surface area (Å²) >= 11 is 3.42. The van der Waals surface area contributed by atoms with Gasteiger partial charge in [-0.1, -0.05) is 25.5 Å². The molecule has 1 amide bonds. The molecule has 0 spiro atoms. The van der Waals surface area contributed by atoms with Crippen LogP contribution in [0, 0.1) is 0 Å². The van der Waals surface area contributed by atoms with E-state index in [0.717, 1.165) is 22.9 Å². The molecular weight excluding hydrogens is 308 g/mol. The van der Waals surface area contributed by atoms with Gasteiger partial charge < -0.3 is 15.8 Å². The number of nitrogens with one attached hydrogen (secondary N) is 1. The Labute approximate surface area is 122 Å². The molecule has 0 fully saturated rings. The van der Waals surface area contributed by atoms with E-state index in [1.165, 1.54) is 0 Å². The van der Waals surface area contributed by atoms with Gasteiger partial charge in [-0.05, 0) is 35.3 Å². The highest BCUT2D eigenvalue weighted by Gasteiger charge is 2.17. The number of halogens is 1. The number of amides is 1. The Morgan fingerprint density at radius 1 is 1.53 bits per heavy atom. The molecule has 1 rings (SSSR count). The van der Waals surface area contributed by atoms with Crippen LogP contribution in [-0.4, -0.2) is 18.6 Å². The van der Waals surface area contributed by atoms with Gasteiger partial charge >= 0.3 is 0 Å². The minimum atomic E-state index is -0.541. The largest absolute Gasteiger partial charge is 0.479 e. The van der Waals surface area contributed by atoms with E-state index in [1.54, 1.807) is 6.92 Å². The maximum atomic E-state index is 11.9. The number of unbranched alkanes of at least 4 members (excludes halogenated alkanes) is 1. The summed E-state index contributed by atoms with van der Waals surface area (Å²) in [5.41, 5.74) is 6.55. The van der Waals surface area contributed by atoms with Gasteiger partial charge in [-0.15, -0.1) is 0 Å². The molecule has 0 bridgehead atoms. The Morgan fingerprint density at radius 2 is 2.26 bits per heavy atom. The molecule has 5 heteroatoms. The maximum absolute atomic E-state index is 11.9. The molecule has 0 saturated carbocycles. The summed E-state index contributed by atoms with van der Waals surface area (Å²) in [4.78, 5) is 11.9. The lowest BCUT2D eigenvalue weighted by atomic mass is 10.2. The fraction of sp³-hybridized carbons (Fsp3) is 0.500. The van der Waals surface area contributed by atoms with Crippen molar-refractivity contribution in [1.29, 1.82) is 0 Å². The standard InChI is InChI=1S/C14H21BrN2O2/c1-3-4-8-17-14(18)10(2)19-13-11(9-16)6-5-7-12(13)15/h5-7,10H,3-4,8-9,16H2,1-2H3,(H,17,18). The van der Waals surface area contributed by atoms with Crippen LogP contribution >= 0.6 is 15.9 Å². The third kappa shape index (κ3) is 4.84. The third-order valence-corrected chi connectivity index (χ3v) is 3.39. The van der Waals surface area contributed by atoms with Crippen LogP contribution in [0.25, 0.3) is 0 Å². The summed E-state index contributed by atoms with van der Waals surface area (Å²) in [6, 6.07) is 5.66. The van der Waals surface area contributed by atoms with Gasteiger partial charge in [0.15, 0.2) is 6.10 Å². The summed E-state index contributed by atoms with van der Waals surface area (Å²) in [5.74, 6) is 0.537. The van der Waals surface area contributed by atoms with Crippen LogP contribution in [0.15, 0.2) is 22.7 Å². The smallest absolute Gasteiger partial charge is 0.260 e. The molecule has 0 saturated heterocycles. The Balaban J connectivity index is 2.66. The van der Waals surface area contributed by atoms with Gasteiger partial charge in [0.2, 0.25) is 0 Å². The first kappa shape index (κ1) is 16.0. The van der Waals surface area contributed by atoms with Crippen LogP contribution < -0.4 is 15.8 Å². The van der Waals surface area contributed by atoms with E-state index >= 15 is 0 Å². The maximum Gasteiger partial charge on any atom is 0.260 e. The predicted molar refractivity (Wildman–Crippen MR) is 80.0 cm³/mol. The van der Waals surface area contributed by atoms with Gasteiger partial charge in [-0.2, -0.15) is 0 Å². The van der Waals surface area contributed by atoms with Gasteiger partial charge in [-0.25, -0.2) is 0 Å². The molecule has 0 aliphatic rings. The van der Waals surface area contributed by atoms with Crippen molar-refractivity contribution in [3.05, 3.63) is 28.2 Å². The molecule has 0 aromatic heterocycles. The number of rotatable bonds is 7. The van der Waals surface area contributed by atoms with E-state index in [9.17, 15) is 4.79 Å². The summed E-state index contributed by atoms with van der Waals surface area (Å²) < 4.78 is 6.53. The molecule has 0 radical (unpaired) electrons. The molecule has 19 heavy (non-hydrogen) atoms. The molecule has 1 atom stereocenters. The first-order valence-corrected chi connectivity index (χ1v) is 7.31. The molecule has 0 aliphatic heterocycles. The fourth-order valence-electron chi connectivity index (χ4n) is 1.61. The van der Waals surface area contributed by atoms with Crippen LogP contribution in [0.3, 0.4) is 0 Å². The van der Waals surface area contributed by atoms with E-state index in [-0.39, 0.29) is 5.91 Å². The van der Waals surface area contributed by atoms with Gasteiger partial charge in [0.05, 0.1) is 4.47 Å². The quantitative estimate of drug-likeness (QED) is 0.756. The lowest BCUT2D eigenvalue weighted by Gasteiger charge is -2.18. The van der Waals surface area contributed by atoms with E-state index in [0.29, 0.717) is 18.8 Å². The second-order valence-electron chi connectivity index (χ2n) is 4.34. The number of ether oxygens (including phenoxy) is 1. The number of hydrogen-bond acceptors (Lipinski definition) is 3. The van der Waals surface area contributed by atoms with E-state index in [1.807, 2.05) is 18.2 Å². The van der Waals surface area contributed by atoms with Crippen molar-refractivity contribution in [2.75, 3.05) is 6.54 Å². The van der Waals surface area contributed by atoms with Crippen LogP contribution in [0.5, 0.6) is 5.75 Å². The summed E-state index contributed by atoms with van der Waals surface area (Å²) in [7, 11) is 0. The molecule has 3 N–H and O–H groups in total. The van der Waals surface area contributed by atoms with Crippen molar-refractivity contribution in [1.82, 2.24) is 5.32 Å². The van der Waals surface area contributed by atoms with Crippen molar-refractivity contribution in [2.45, 2.75) is 39.3 Å². The first-order chi connectivity index (χ1) is 9.10. The monoisotopic (exact) mass is 328 g/mol. The van der Waals surface area contributed by atoms with Gasteiger partial charge in [0, 0.05) is 18.7 Å². The minimum Gasteiger partial charge on any atom is -0.479 e. The second kappa shape index (κ2) is 8.17. The lowest BCUT2D eigenvalue weighted by molar-refractivity contribution is -0.127. The fourth-order valence-corrected chi connectivity index (χ4v) is 2.11. The zero-order valence-corrected chi connectivity index (χ0v) is 13.0. The Bertz CT molecular complexity index is 424. The highest BCUT2D eigenvalue weighted by molar-refractivity contribution is 9.10. The average molecular weight is 329 g/mol.